The average molecular weight is 495 g/mol. The number of rotatable bonds is 8. The van der Waals surface area contributed by atoms with Crippen molar-refractivity contribution in [1.29, 1.82) is 0 Å². The highest BCUT2D eigenvalue weighted by atomic mass is 16.7. The highest BCUT2D eigenvalue weighted by Gasteiger charge is 2.38. The van der Waals surface area contributed by atoms with E-state index in [0.717, 1.165) is 0 Å². The van der Waals surface area contributed by atoms with Gasteiger partial charge in [0.2, 0.25) is 0 Å². The molecule has 6 atom stereocenters. The van der Waals surface area contributed by atoms with Gasteiger partial charge in [-0.05, 0) is 39.0 Å². The number of nitrogens with zero attached hydrogens (tertiary/aromatic N) is 2. The van der Waals surface area contributed by atoms with E-state index in [1.807, 2.05) is 0 Å². The lowest BCUT2D eigenvalue weighted by atomic mass is 9.95. The maximum Gasteiger partial charge on any atom is 0.330 e. The van der Waals surface area contributed by atoms with Gasteiger partial charge in [-0.25, -0.2) is 9.59 Å². The van der Waals surface area contributed by atoms with Crippen molar-refractivity contribution in [1.82, 2.24) is 19.1 Å². The molecule has 0 radical (unpaired) electrons. The number of hydrogen-bond donors (Lipinski definition) is 4. The standard InChI is InChI=1S/C22H30N4O9/c1-11-8-25(21(31)23-18(11)29)16-6-13(15(10-27)34-16)4-3-5-33-20-14(28)7-17(35-20)26-9-12(2)19(30)24-22(26)32/h8-9,13-17,20,27-28H,3-7,10H2,1-2H3,(H,23,29,31)(H,24,30,32)/t13-,14?,15+,16+,17?,20?/m0/s1. The number of hydrogen-bond acceptors (Lipinski definition) is 9. The van der Waals surface area contributed by atoms with Gasteiger partial charge in [-0.15, -0.1) is 0 Å². The zero-order valence-corrected chi connectivity index (χ0v) is 19.5. The van der Waals surface area contributed by atoms with Crippen LogP contribution in [0.15, 0.2) is 31.6 Å². The van der Waals surface area contributed by atoms with Crippen molar-refractivity contribution in [2.75, 3.05) is 13.2 Å². The lowest BCUT2D eigenvalue weighted by Crippen LogP contribution is -2.33. The van der Waals surface area contributed by atoms with Crippen LogP contribution in [0, 0.1) is 19.8 Å². The predicted octanol–water partition coefficient (Wildman–Crippen LogP) is -0.998. The van der Waals surface area contributed by atoms with Crippen LogP contribution in [0.2, 0.25) is 0 Å². The Morgan fingerprint density at radius 2 is 1.54 bits per heavy atom. The molecule has 0 aromatic carbocycles. The summed E-state index contributed by atoms with van der Waals surface area (Å²) >= 11 is 0. The number of aromatic nitrogens is 4. The van der Waals surface area contributed by atoms with Crippen LogP contribution in [0.5, 0.6) is 0 Å². The molecule has 4 heterocycles. The van der Waals surface area contributed by atoms with Crippen LogP contribution >= 0.6 is 0 Å². The van der Waals surface area contributed by atoms with Crippen molar-refractivity contribution in [2.45, 2.75) is 70.5 Å². The number of aliphatic hydroxyl groups is 2. The fourth-order valence-corrected chi connectivity index (χ4v) is 4.55. The predicted molar refractivity (Wildman–Crippen MR) is 121 cm³/mol. The summed E-state index contributed by atoms with van der Waals surface area (Å²) in [6.07, 6.45) is 0.965. The van der Waals surface area contributed by atoms with Gasteiger partial charge in [0.15, 0.2) is 6.29 Å². The van der Waals surface area contributed by atoms with E-state index in [9.17, 15) is 29.4 Å². The zero-order valence-electron chi connectivity index (χ0n) is 19.5. The van der Waals surface area contributed by atoms with Gasteiger partial charge in [0.1, 0.15) is 18.6 Å². The molecule has 0 saturated carbocycles. The van der Waals surface area contributed by atoms with Crippen molar-refractivity contribution in [3.63, 3.8) is 0 Å². The van der Waals surface area contributed by atoms with E-state index in [0.29, 0.717) is 30.4 Å². The molecule has 2 aliphatic rings. The Morgan fingerprint density at radius 1 is 0.971 bits per heavy atom. The maximum absolute atomic E-state index is 12.2. The SMILES string of the molecule is Cc1cn(C2CC(O)C(OCCC[C@H]3C[C@H](n4cc(C)c(=O)[nH]c4=O)O[C@@H]3CO)O2)c(=O)[nH]c1=O. The van der Waals surface area contributed by atoms with Gasteiger partial charge in [0.05, 0.1) is 12.7 Å². The topological polar surface area (TPSA) is 178 Å². The van der Waals surface area contributed by atoms with Gasteiger partial charge in [0, 0.05) is 36.5 Å². The van der Waals surface area contributed by atoms with Crippen molar-refractivity contribution in [3.05, 3.63) is 65.2 Å². The summed E-state index contributed by atoms with van der Waals surface area (Å²) in [5.41, 5.74) is -1.38. The normalized spacial score (nSPS) is 28.6. The van der Waals surface area contributed by atoms with Crippen LogP contribution < -0.4 is 22.5 Å². The Morgan fingerprint density at radius 3 is 2.11 bits per heavy atom. The highest BCUT2D eigenvalue weighted by Crippen LogP contribution is 2.35. The number of H-pyrrole nitrogens is 2. The van der Waals surface area contributed by atoms with Gasteiger partial charge >= 0.3 is 11.4 Å². The van der Waals surface area contributed by atoms with Gasteiger partial charge < -0.3 is 24.4 Å². The van der Waals surface area contributed by atoms with E-state index in [1.165, 1.54) is 21.5 Å². The van der Waals surface area contributed by atoms with Crippen LogP contribution in [-0.2, 0) is 14.2 Å². The molecule has 2 aliphatic heterocycles. The first-order chi connectivity index (χ1) is 16.7. The molecule has 0 aliphatic carbocycles. The fraction of sp³-hybridized carbons (Fsp3) is 0.636. The lowest BCUT2D eigenvalue weighted by Gasteiger charge is -2.18. The van der Waals surface area contributed by atoms with E-state index in [2.05, 4.69) is 9.97 Å². The van der Waals surface area contributed by atoms with Gasteiger partial charge in [-0.1, -0.05) is 0 Å². The van der Waals surface area contributed by atoms with Gasteiger partial charge in [-0.2, -0.15) is 0 Å². The van der Waals surface area contributed by atoms with E-state index >= 15 is 0 Å². The Kier molecular flexibility index (Phi) is 7.52. The summed E-state index contributed by atoms with van der Waals surface area (Å²) in [5, 5.41) is 20.0. The van der Waals surface area contributed by atoms with E-state index < -0.39 is 53.5 Å². The third-order valence-electron chi connectivity index (χ3n) is 6.50. The Hall–Kier alpha value is -2.84. The molecule has 13 nitrogen and oxygen atoms in total. The van der Waals surface area contributed by atoms with Crippen LogP contribution in [0.25, 0.3) is 0 Å². The third kappa shape index (κ3) is 5.38. The summed E-state index contributed by atoms with van der Waals surface area (Å²) in [6.45, 7) is 3.21. The van der Waals surface area contributed by atoms with Gasteiger partial charge in [0.25, 0.3) is 11.1 Å². The molecule has 2 fully saturated rings. The summed E-state index contributed by atoms with van der Waals surface area (Å²) in [7, 11) is 0. The first-order valence-electron chi connectivity index (χ1n) is 11.5. The van der Waals surface area contributed by atoms with Crippen LogP contribution in [-0.4, -0.2) is 61.0 Å². The minimum atomic E-state index is -0.945. The largest absolute Gasteiger partial charge is 0.394 e. The lowest BCUT2D eigenvalue weighted by molar-refractivity contribution is -0.177. The first kappa shape index (κ1) is 25.3. The van der Waals surface area contributed by atoms with E-state index in [-0.39, 0.29) is 25.6 Å². The maximum atomic E-state index is 12.2. The monoisotopic (exact) mass is 494 g/mol. The molecule has 35 heavy (non-hydrogen) atoms. The van der Waals surface area contributed by atoms with Crippen molar-refractivity contribution < 1.29 is 24.4 Å². The molecule has 192 valence electrons. The second kappa shape index (κ2) is 10.4. The molecule has 0 bridgehead atoms. The van der Waals surface area contributed by atoms with Crippen molar-refractivity contribution >= 4 is 0 Å². The summed E-state index contributed by atoms with van der Waals surface area (Å²) in [5.74, 6) is -0.0439. The minimum absolute atomic E-state index is 0.0439. The molecule has 13 heteroatoms. The summed E-state index contributed by atoms with van der Waals surface area (Å²) < 4.78 is 19.8. The van der Waals surface area contributed by atoms with E-state index in [1.54, 1.807) is 13.8 Å². The van der Waals surface area contributed by atoms with Crippen molar-refractivity contribution in [2.24, 2.45) is 5.92 Å². The number of aryl methyl sites for hydroxylation is 2. The number of nitrogens with one attached hydrogen (secondary N) is 2. The molecule has 0 spiro atoms. The van der Waals surface area contributed by atoms with Gasteiger partial charge in [-0.3, -0.25) is 28.7 Å². The van der Waals surface area contributed by atoms with Crippen LogP contribution in [0.1, 0.15) is 49.3 Å². The van der Waals surface area contributed by atoms with E-state index in [4.69, 9.17) is 14.2 Å². The van der Waals surface area contributed by atoms with Crippen LogP contribution in [0.3, 0.4) is 0 Å². The smallest absolute Gasteiger partial charge is 0.330 e. The Balaban J connectivity index is 1.30. The second-order valence-corrected chi connectivity index (χ2v) is 9.04. The molecule has 0 amide bonds. The van der Waals surface area contributed by atoms with Crippen LogP contribution in [0.4, 0.5) is 0 Å². The molecular weight excluding hydrogens is 464 g/mol. The second-order valence-electron chi connectivity index (χ2n) is 9.04. The molecule has 4 N–H and O–H groups in total. The molecule has 4 rings (SSSR count). The molecule has 2 aromatic rings. The highest BCUT2D eigenvalue weighted by molar-refractivity contribution is 5.03. The zero-order chi connectivity index (χ0) is 25.3. The number of aromatic amines is 2. The number of aliphatic hydroxyl groups excluding tert-OH is 2. The molecule has 2 saturated heterocycles. The number of ether oxygens (including phenoxy) is 3. The average Bonchev–Trinajstić information content (AvgIpc) is 3.39. The molecule has 2 aromatic heterocycles. The summed E-state index contributed by atoms with van der Waals surface area (Å²) in [6, 6.07) is 0. The first-order valence-corrected chi connectivity index (χ1v) is 11.5. The Bertz CT molecular complexity index is 1280. The van der Waals surface area contributed by atoms with Crippen molar-refractivity contribution in [3.8, 4) is 0 Å². The fourth-order valence-electron chi connectivity index (χ4n) is 4.55. The molecule has 3 unspecified atom stereocenters. The quantitative estimate of drug-likeness (QED) is 0.335. The Labute approximate surface area is 198 Å². The third-order valence-corrected chi connectivity index (χ3v) is 6.50. The molecular formula is C22H30N4O9. The summed E-state index contributed by atoms with van der Waals surface area (Å²) in [4.78, 5) is 51.9. The minimum Gasteiger partial charge on any atom is -0.394 e.